The van der Waals surface area contributed by atoms with Gasteiger partial charge in [0.2, 0.25) is 0 Å². The third kappa shape index (κ3) is 3.19. The van der Waals surface area contributed by atoms with Gasteiger partial charge in [-0.05, 0) is 31.2 Å². The zero-order valence-corrected chi connectivity index (χ0v) is 12.7. The normalized spacial score (nSPS) is 10.2. The second kappa shape index (κ2) is 5.92. The van der Waals surface area contributed by atoms with E-state index >= 15 is 0 Å². The molecular formula is C14H12BrN3O3. The van der Waals surface area contributed by atoms with E-state index in [1.807, 2.05) is 0 Å². The molecule has 0 saturated carbocycles. The van der Waals surface area contributed by atoms with Crippen LogP contribution in [0.25, 0.3) is 0 Å². The molecule has 0 saturated heterocycles. The lowest BCUT2D eigenvalue weighted by Gasteiger charge is -2.10. The highest BCUT2D eigenvalue weighted by Crippen LogP contribution is 2.26. The molecule has 0 aliphatic rings. The maximum atomic E-state index is 12.2. The molecular weight excluding hydrogens is 338 g/mol. The number of rotatable bonds is 3. The largest absolute Gasteiger partial charge is 0.398 e. The highest BCUT2D eigenvalue weighted by atomic mass is 79.9. The Balaban J connectivity index is 2.32. The lowest BCUT2D eigenvalue weighted by atomic mass is 10.1. The van der Waals surface area contributed by atoms with Gasteiger partial charge in [-0.3, -0.25) is 14.9 Å². The van der Waals surface area contributed by atoms with Gasteiger partial charge in [-0.1, -0.05) is 22.0 Å². The number of carbonyl (C=O) groups is 1. The van der Waals surface area contributed by atoms with Gasteiger partial charge in [0, 0.05) is 16.2 Å². The van der Waals surface area contributed by atoms with Crippen molar-refractivity contribution in [3.05, 3.63) is 62.1 Å². The summed E-state index contributed by atoms with van der Waals surface area (Å²) in [5.41, 5.74) is 7.16. The molecule has 3 N–H and O–H groups in total. The van der Waals surface area contributed by atoms with Crippen LogP contribution in [0, 0.1) is 17.0 Å². The molecule has 0 unspecified atom stereocenters. The van der Waals surface area contributed by atoms with E-state index in [0.717, 1.165) is 4.47 Å². The van der Waals surface area contributed by atoms with E-state index in [2.05, 4.69) is 21.2 Å². The summed E-state index contributed by atoms with van der Waals surface area (Å²) in [6.45, 7) is 1.58. The number of benzene rings is 2. The van der Waals surface area contributed by atoms with E-state index in [-0.39, 0.29) is 5.69 Å². The summed E-state index contributed by atoms with van der Waals surface area (Å²) in [5, 5.41) is 13.5. The van der Waals surface area contributed by atoms with Crippen LogP contribution in [0.3, 0.4) is 0 Å². The monoisotopic (exact) mass is 349 g/mol. The van der Waals surface area contributed by atoms with Gasteiger partial charge in [-0.25, -0.2) is 0 Å². The number of amides is 1. The van der Waals surface area contributed by atoms with Crippen LogP contribution < -0.4 is 11.1 Å². The van der Waals surface area contributed by atoms with Gasteiger partial charge in [0.1, 0.15) is 0 Å². The summed E-state index contributed by atoms with van der Waals surface area (Å²) in [5.74, 6) is -0.413. The molecule has 0 aliphatic carbocycles. The molecule has 2 rings (SSSR count). The standard InChI is InChI=1S/C14H12BrN3O3/c1-8-12(3-2-4-13(8)18(20)21)17-14(19)10-6-5-9(15)7-11(10)16/h2-7H,16H2,1H3,(H,17,19). The van der Waals surface area contributed by atoms with Crippen molar-refractivity contribution in [3.8, 4) is 0 Å². The molecule has 7 heteroatoms. The number of nitrogens with two attached hydrogens (primary N) is 1. The molecule has 21 heavy (non-hydrogen) atoms. The zero-order valence-electron chi connectivity index (χ0n) is 11.1. The fraction of sp³-hybridized carbons (Fsp3) is 0.0714. The summed E-state index contributed by atoms with van der Waals surface area (Å²) in [4.78, 5) is 22.6. The van der Waals surface area contributed by atoms with Crippen molar-refractivity contribution in [1.29, 1.82) is 0 Å². The number of hydrogen-bond acceptors (Lipinski definition) is 4. The van der Waals surface area contributed by atoms with Gasteiger partial charge < -0.3 is 11.1 Å². The SMILES string of the molecule is Cc1c(NC(=O)c2ccc(Br)cc2N)cccc1[N+](=O)[O-]. The number of halogens is 1. The first-order chi connectivity index (χ1) is 9.90. The minimum absolute atomic E-state index is 0.0448. The fourth-order valence-electron chi connectivity index (χ4n) is 1.89. The Bertz CT molecular complexity index is 731. The average Bonchev–Trinajstić information content (AvgIpc) is 2.40. The second-order valence-electron chi connectivity index (χ2n) is 4.39. The maximum Gasteiger partial charge on any atom is 0.274 e. The van der Waals surface area contributed by atoms with Gasteiger partial charge in [0.25, 0.3) is 11.6 Å². The van der Waals surface area contributed by atoms with E-state index in [0.29, 0.717) is 22.5 Å². The van der Waals surface area contributed by atoms with E-state index in [4.69, 9.17) is 5.73 Å². The van der Waals surface area contributed by atoms with E-state index in [1.165, 1.54) is 12.1 Å². The molecule has 0 radical (unpaired) electrons. The van der Waals surface area contributed by atoms with Crippen LogP contribution in [-0.2, 0) is 0 Å². The summed E-state index contributed by atoms with van der Waals surface area (Å²) < 4.78 is 0.767. The Labute approximate surface area is 129 Å². The van der Waals surface area contributed by atoms with Crippen LogP contribution in [0.1, 0.15) is 15.9 Å². The zero-order chi connectivity index (χ0) is 15.6. The summed E-state index contributed by atoms with van der Waals surface area (Å²) >= 11 is 3.26. The third-order valence-corrected chi connectivity index (χ3v) is 3.50. The first-order valence-corrected chi connectivity index (χ1v) is 6.80. The van der Waals surface area contributed by atoms with Crippen LogP contribution in [0.2, 0.25) is 0 Å². The Hall–Kier alpha value is -2.41. The third-order valence-electron chi connectivity index (χ3n) is 3.01. The number of nitro groups is 1. The molecule has 0 heterocycles. The molecule has 2 aromatic carbocycles. The molecule has 6 nitrogen and oxygen atoms in total. The first-order valence-electron chi connectivity index (χ1n) is 6.00. The minimum atomic E-state index is -0.487. The number of anilines is 2. The molecule has 0 atom stereocenters. The lowest BCUT2D eigenvalue weighted by Crippen LogP contribution is -2.15. The smallest absolute Gasteiger partial charge is 0.274 e. The van der Waals surface area contributed by atoms with Gasteiger partial charge in [-0.2, -0.15) is 0 Å². The van der Waals surface area contributed by atoms with Gasteiger partial charge in [0.05, 0.1) is 21.7 Å². The summed E-state index contributed by atoms with van der Waals surface area (Å²) in [6, 6.07) is 9.42. The van der Waals surface area contributed by atoms with E-state index in [9.17, 15) is 14.9 Å². The Morgan fingerprint density at radius 2 is 2.05 bits per heavy atom. The van der Waals surface area contributed by atoms with Crippen molar-refractivity contribution in [2.75, 3.05) is 11.1 Å². The quantitative estimate of drug-likeness (QED) is 0.503. The Morgan fingerprint density at radius 3 is 2.67 bits per heavy atom. The Kier molecular flexibility index (Phi) is 4.23. The predicted octanol–water partition coefficient (Wildman–Crippen LogP) is 3.50. The van der Waals surface area contributed by atoms with Gasteiger partial charge in [0.15, 0.2) is 0 Å². The first kappa shape index (κ1) is 15.0. The number of carbonyl (C=O) groups excluding carboxylic acids is 1. The number of nitrogen functional groups attached to an aromatic ring is 1. The molecule has 0 aliphatic heterocycles. The molecule has 0 bridgehead atoms. The molecule has 1 amide bonds. The summed E-state index contributed by atoms with van der Waals surface area (Å²) in [6.07, 6.45) is 0. The van der Waals surface area contributed by atoms with E-state index in [1.54, 1.807) is 31.2 Å². The summed E-state index contributed by atoms with van der Waals surface area (Å²) in [7, 11) is 0. The molecule has 2 aromatic rings. The molecule has 0 aromatic heterocycles. The lowest BCUT2D eigenvalue weighted by molar-refractivity contribution is -0.385. The second-order valence-corrected chi connectivity index (χ2v) is 5.31. The molecule has 108 valence electrons. The van der Waals surface area contributed by atoms with Gasteiger partial charge >= 0.3 is 0 Å². The van der Waals surface area contributed by atoms with Crippen LogP contribution in [0.4, 0.5) is 17.1 Å². The average molecular weight is 350 g/mol. The van der Waals surface area contributed by atoms with Crippen molar-refractivity contribution in [3.63, 3.8) is 0 Å². The maximum absolute atomic E-state index is 12.2. The highest BCUT2D eigenvalue weighted by molar-refractivity contribution is 9.10. The van der Waals surface area contributed by atoms with E-state index < -0.39 is 10.8 Å². The van der Waals surface area contributed by atoms with Crippen molar-refractivity contribution in [2.24, 2.45) is 0 Å². The van der Waals surface area contributed by atoms with Crippen LogP contribution in [0.5, 0.6) is 0 Å². The minimum Gasteiger partial charge on any atom is -0.398 e. The topological polar surface area (TPSA) is 98.3 Å². The van der Waals surface area contributed by atoms with Crippen LogP contribution in [-0.4, -0.2) is 10.8 Å². The fourth-order valence-corrected chi connectivity index (χ4v) is 2.27. The van der Waals surface area contributed by atoms with Crippen LogP contribution in [0.15, 0.2) is 40.9 Å². The molecule has 0 fully saturated rings. The number of nitrogens with one attached hydrogen (secondary N) is 1. The van der Waals surface area contributed by atoms with Crippen molar-refractivity contribution >= 4 is 38.9 Å². The van der Waals surface area contributed by atoms with Gasteiger partial charge in [-0.15, -0.1) is 0 Å². The predicted molar refractivity (Wildman–Crippen MR) is 84.3 cm³/mol. The number of nitrogens with zero attached hydrogens (tertiary/aromatic N) is 1. The van der Waals surface area contributed by atoms with Crippen molar-refractivity contribution in [2.45, 2.75) is 6.92 Å². The highest BCUT2D eigenvalue weighted by Gasteiger charge is 2.16. The number of nitro benzene ring substituents is 1. The van der Waals surface area contributed by atoms with Crippen molar-refractivity contribution in [1.82, 2.24) is 0 Å². The number of hydrogen-bond donors (Lipinski definition) is 2. The van der Waals surface area contributed by atoms with Crippen molar-refractivity contribution < 1.29 is 9.72 Å². The van der Waals surface area contributed by atoms with Crippen LogP contribution >= 0.6 is 15.9 Å². The Morgan fingerprint density at radius 1 is 1.33 bits per heavy atom. The molecule has 0 spiro atoms.